The fraction of sp³-hybridized carbons (Fsp3) is 0.667. The second-order valence-corrected chi connectivity index (χ2v) is 5.22. The number of imide groups is 1. The van der Waals surface area contributed by atoms with E-state index in [1.54, 1.807) is 6.92 Å². The Balaban J connectivity index is 2.00. The molecule has 0 bridgehead atoms. The number of nitrogens with one attached hydrogen (secondary N) is 2. The van der Waals surface area contributed by atoms with E-state index in [2.05, 4.69) is 34.7 Å². The van der Waals surface area contributed by atoms with E-state index in [-0.39, 0.29) is 24.4 Å². The van der Waals surface area contributed by atoms with Crippen LogP contribution in [0.4, 0.5) is 6.01 Å². The van der Waals surface area contributed by atoms with Gasteiger partial charge >= 0.3 is 6.01 Å². The molecule has 8 heteroatoms. The highest BCUT2D eigenvalue weighted by molar-refractivity contribution is 6.03. The maximum absolute atomic E-state index is 11.6. The van der Waals surface area contributed by atoms with Gasteiger partial charge in [-0.3, -0.25) is 14.9 Å². The SMILES string of the molecule is CC(C)CNCc1nnc(N2CC(=O)NC(=O)C2C)o1. The third kappa shape index (κ3) is 3.32. The Labute approximate surface area is 116 Å². The van der Waals surface area contributed by atoms with Gasteiger partial charge in [-0.2, -0.15) is 0 Å². The number of aromatic nitrogens is 2. The molecule has 8 nitrogen and oxygen atoms in total. The molecule has 0 aliphatic carbocycles. The van der Waals surface area contributed by atoms with Gasteiger partial charge in [0.15, 0.2) is 0 Å². The summed E-state index contributed by atoms with van der Waals surface area (Å²) in [6.45, 7) is 7.24. The number of anilines is 1. The van der Waals surface area contributed by atoms with Crippen LogP contribution >= 0.6 is 0 Å². The van der Waals surface area contributed by atoms with Gasteiger partial charge in [0.05, 0.1) is 6.54 Å². The molecule has 1 fully saturated rings. The Morgan fingerprint density at radius 1 is 1.45 bits per heavy atom. The first-order chi connectivity index (χ1) is 9.47. The molecule has 2 heterocycles. The number of rotatable bonds is 5. The lowest BCUT2D eigenvalue weighted by Crippen LogP contribution is -2.57. The van der Waals surface area contributed by atoms with Crippen LogP contribution in [-0.4, -0.2) is 41.1 Å². The number of hydrogen-bond acceptors (Lipinski definition) is 7. The monoisotopic (exact) mass is 281 g/mol. The Morgan fingerprint density at radius 2 is 2.20 bits per heavy atom. The zero-order chi connectivity index (χ0) is 14.7. The second kappa shape index (κ2) is 6.00. The topological polar surface area (TPSA) is 100 Å². The molecule has 1 aromatic heterocycles. The molecule has 2 N–H and O–H groups in total. The van der Waals surface area contributed by atoms with Gasteiger partial charge in [0, 0.05) is 0 Å². The Kier molecular flexibility index (Phi) is 4.33. The van der Waals surface area contributed by atoms with Crippen molar-refractivity contribution in [2.24, 2.45) is 5.92 Å². The van der Waals surface area contributed by atoms with Crippen LogP contribution in [0.3, 0.4) is 0 Å². The third-order valence-electron chi connectivity index (χ3n) is 2.95. The van der Waals surface area contributed by atoms with Crippen LogP contribution in [0.1, 0.15) is 26.7 Å². The van der Waals surface area contributed by atoms with E-state index < -0.39 is 6.04 Å². The molecule has 110 valence electrons. The Hall–Kier alpha value is -1.96. The van der Waals surface area contributed by atoms with E-state index in [9.17, 15) is 9.59 Å². The fourth-order valence-electron chi connectivity index (χ4n) is 1.85. The van der Waals surface area contributed by atoms with Gasteiger partial charge in [-0.15, -0.1) is 5.10 Å². The molecule has 1 saturated heterocycles. The minimum absolute atomic E-state index is 0.0357. The fourth-order valence-corrected chi connectivity index (χ4v) is 1.85. The average molecular weight is 281 g/mol. The van der Waals surface area contributed by atoms with Crippen molar-refractivity contribution in [3.8, 4) is 0 Å². The molecular weight excluding hydrogens is 262 g/mol. The standard InChI is InChI=1S/C12H19N5O3/c1-7(2)4-13-5-10-15-16-12(20-10)17-6-9(18)14-11(19)8(17)3/h7-8,13H,4-6H2,1-3H3,(H,14,18,19). The van der Waals surface area contributed by atoms with E-state index in [1.807, 2.05) is 0 Å². The summed E-state index contributed by atoms with van der Waals surface area (Å²) in [6, 6.07) is -0.313. The molecular formula is C12H19N5O3. The van der Waals surface area contributed by atoms with Crippen molar-refractivity contribution in [2.75, 3.05) is 18.0 Å². The van der Waals surface area contributed by atoms with Crippen LogP contribution in [0, 0.1) is 5.92 Å². The average Bonchev–Trinajstić information content (AvgIpc) is 2.82. The van der Waals surface area contributed by atoms with Gasteiger partial charge in [0.2, 0.25) is 17.7 Å². The number of carbonyl (C=O) groups excluding carboxylic acids is 2. The lowest BCUT2D eigenvalue weighted by Gasteiger charge is -2.29. The van der Waals surface area contributed by atoms with E-state index in [1.165, 1.54) is 4.90 Å². The molecule has 2 amide bonds. The van der Waals surface area contributed by atoms with Crippen LogP contribution < -0.4 is 15.5 Å². The molecule has 0 saturated carbocycles. The lowest BCUT2D eigenvalue weighted by molar-refractivity contribution is -0.132. The van der Waals surface area contributed by atoms with Gasteiger partial charge in [-0.05, 0) is 19.4 Å². The summed E-state index contributed by atoms with van der Waals surface area (Å²) in [5.41, 5.74) is 0. The summed E-state index contributed by atoms with van der Waals surface area (Å²) in [6.07, 6.45) is 0. The molecule has 20 heavy (non-hydrogen) atoms. The predicted molar refractivity (Wildman–Crippen MR) is 70.8 cm³/mol. The lowest BCUT2D eigenvalue weighted by atomic mass is 10.2. The molecule has 1 aliphatic heterocycles. The smallest absolute Gasteiger partial charge is 0.319 e. The zero-order valence-corrected chi connectivity index (χ0v) is 11.8. The molecule has 1 atom stereocenters. The van der Waals surface area contributed by atoms with Crippen molar-refractivity contribution in [3.05, 3.63) is 5.89 Å². The van der Waals surface area contributed by atoms with Crippen molar-refractivity contribution in [1.29, 1.82) is 0 Å². The molecule has 0 aromatic carbocycles. The number of nitrogens with zero attached hydrogens (tertiary/aromatic N) is 3. The van der Waals surface area contributed by atoms with Gasteiger partial charge in [0.25, 0.3) is 0 Å². The van der Waals surface area contributed by atoms with Crippen LogP contribution in [0.15, 0.2) is 4.42 Å². The predicted octanol–water partition coefficient (Wildman–Crippen LogP) is -0.333. The van der Waals surface area contributed by atoms with Crippen LogP contribution in [-0.2, 0) is 16.1 Å². The minimum atomic E-state index is -0.510. The molecule has 0 spiro atoms. The molecule has 1 aliphatic rings. The number of amides is 2. The van der Waals surface area contributed by atoms with Crippen molar-refractivity contribution >= 4 is 17.8 Å². The van der Waals surface area contributed by atoms with E-state index >= 15 is 0 Å². The van der Waals surface area contributed by atoms with Crippen LogP contribution in [0.2, 0.25) is 0 Å². The summed E-state index contributed by atoms with van der Waals surface area (Å²) >= 11 is 0. The van der Waals surface area contributed by atoms with Gasteiger partial charge in [-0.1, -0.05) is 18.9 Å². The summed E-state index contributed by atoms with van der Waals surface area (Å²) in [5.74, 6) is 0.233. The van der Waals surface area contributed by atoms with Gasteiger partial charge in [0.1, 0.15) is 12.6 Å². The largest absolute Gasteiger partial charge is 0.407 e. The second-order valence-electron chi connectivity index (χ2n) is 5.22. The van der Waals surface area contributed by atoms with Crippen molar-refractivity contribution in [1.82, 2.24) is 20.8 Å². The normalized spacial score (nSPS) is 19.6. The number of piperazine rings is 1. The molecule has 1 aromatic rings. The van der Waals surface area contributed by atoms with E-state index in [0.717, 1.165) is 6.54 Å². The summed E-state index contributed by atoms with van der Waals surface area (Å²) in [4.78, 5) is 24.4. The first kappa shape index (κ1) is 14.4. The molecule has 1 unspecified atom stereocenters. The number of hydrogen-bond donors (Lipinski definition) is 2. The van der Waals surface area contributed by atoms with Gasteiger partial charge in [-0.25, -0.2) is 0 Å². The maximum atomic E-state index is 11.6. The third-order valence-corrected chi connectivity index (χ3v) is 2.95. The summed E-state index contributed by atoms with van der Waals surface area (Å²) in [5, 5.41) is 13.2. The highest BCUT2D eigenvalue weighted by atomic mass is 16.4. The first-order valence-electron chi connectivity index (χ1n) is 6.60. The van der Waals surface area contributed by atoms with Crippen LogP contribution in [0.25, 0.3) is 0 Å². The molecule has 0 radical (unpaired) electrons. The van der Waals surface area contributed by atoms with Crippen molar-refractivity contribution in [2.45, 2.75) is 33.4 Å². The quantitative estimate of drug-likeness (QED) is 0.712. The maximum Gasteiger partial charge on any atom is 0.319 e. The van der Waals surface area contributed by atoms with Crippen molar-refractivity contribution < 1.29 is 14.0 Å². The highest BCUT2D eigenvalue weighted by Crippen LogP contribution is 2.17. The van der Waals surface area contributed by atoms with Crippen LogP contribution in [0.5, 0.6) is 0 Å². The molecule has 2 rings (SSSR count). The van der Waals surface area contributed by atoms with E-state index in [0.29, 0.717) is 18.4 Å². The highest BCUT2D eigenvalue weighted by Gasteiger charge is 2.33. The van der Waals surface area contributed by atoms with Gasteiger partial charge < -0.3 is 14.6 Å². The van der Waals surface area contributed by atoms with E-state index in [4.69, 9.17) is 4.42 Å². The summed E-state index contributed by atoms with van der Waals surface area (Å²) in [7, 11) is 0. The Morgan fingerprint density at radius 3 is 2.90 bits per heavy atom. The first-order valence-corrected chi connectivity index (χ1v) is 6.60. The van der Waals surface area contributed by atoms with Crippen molar-refractivity contribution in [3.63, 3.8) is 0 Å². The Bertz CT molecular complexity index is 499. The number of carbonyl (C=O) groups is 2. The summed E-state index contributed by atoms with van der Waals surface area (Å²) < 4.78 is 5.48. The minimum Gasteiger partial charge on any atom is -0.407 e. The zero-order valence-electron chi connectivity index (χ0n) is 11.8.